The molecule has 1 aromatic carbocycles. The maximum Gasteiger partial charge on any atom is 0.0911 e. The summed E-state index contributed by atoms with van der Waals surface area (Å²) in [6.45, 7) is 0. The van der Waals surface area contributed by atoms with Crippen molar-refractivity contribution in [3.8, 4) is 0 Å². The lowest BCUT2D eigenvalue weighted by Gasteiger charge is -2.37. The second-order valence-corrected chi connectivity index (χ2v) is 4.35. The highest BCUT2D eigenvalue weighted by molar-refractivity contribution is 6.33. The summed E-state index contributed by atoms with van der Waals surface area (Å²) >= 11 is 11.8. The first-order valence-corrected chi connectivity index (χ1v) is 5.05. The summed E-state index contributed by atoms with van der Waals surface area (Å²) in [7, 11) is 0. The second-order valence-electron chi connectivity index (χ2n) is 3.51. The molecule has 0 aliphatic heterocycles. The third kappa shape index (κ3) is 1.56. The van der Waals surface area contributed by atoms with Crippen LogP contribution in [0.4, 0.5) is 0 Å². The molecule has 0 heterocycles. The smallest absolute Gasteiger partial charge is 0.0911 e. The van der Waals surface area contributed by atoms with Crippen molar-refractivity contribution in [2.75, 3.05) is 0 Å². The minimum Gasteiger partial charge on any atom is -0.385 e. The van der Waals surface area contributed by atoms with E-state index in [2.05, 4.69) is 0 Å². The van der Waals surface area contributed by atoms with E-state index in [4.69, 9.17) is 23.2 Å². The molecular weight excluding hydrogens is 207 g/mol. The standard InChI is InChI=1S/C10H10Cl2O/c11-7-2-3-9(12)8(6-7)10(13)4-1-5-10/h2-3,6,13H,1,4-5H2. The van der Waals surface area contributed by atoms with Crippen molar-refractivity contribution in [1.82, 2.24) is 0 Å². The third-order valence-electron chi connectivity index (χ3n) is 2.61. The van der Waals surface area contributed by atoms with Gasteiger partial charge in [-0.25, -0.2) is 0 Å². The molecule has 0 unspecified atom stereocenters. The van der Waals surface area contributed by atoms with E-state index in [1.807, 2.05) is 0 Å². The fraction of sp³-hybridized carbons (Fsp3) is 0.400. The molecule has 0 saturated heterocycles. The van der Waals surface area contributed by atoms with Crippen LogP contribution in [0.2, 0.25) is 10.0 Å². The zero-order valence-electron chi connectivity index (χ0n) is 7.06. The first-order chi connectivity index (χ1) is 6.12. The van der Waals surface area contributed by atoms with E-state index in [1.54, 1.807) is 18.2 Å². The molecule has 0 atom stereocenters. The van der Waals surface area contributed by atoms with Gasteiger partial charge in [0.15, 0.2) is 0 Å². The van der Waals surface area contributed by atoms with Gasteiger partial charge in [0.25, 0.3) is 0 Å². The van der Waals surface area contributed by atoms with Crippen LogP contribution in [-0.2, 0) is 5.60 Å². The lowest BCUT2D eigenvalue weighted by molar-refractivity contribution is -0.0386. The summed E-state index contributed by atoms with van der Waals surface area (Å²) in [6, 6.07) is 5.22. The minimum absolute atomic E-state index is 0.603. The normalized spacial score (nSPS) is 19.6. The van der Waals surface area contributed by atoms with Crippen molar-refractivity contribution in [1.29, 1.82) is 0 Å². The highest BCUT2D eigenvalue weighted by atomic mass is 35.5. The Hall–Kier alpha value is -0.240. The molecule has 2 rings (SSSR count). The Morgan fingerprint density at radius 3 is 2.46 bits per heavy atom. The number of rotatable bonds is 1. The highest BCUT2D eigenvalue weighted by Crippen LogP contribution is 2.44. The van der Waals surface area contributed by atoms with Crippen LogP contribution < -0.4 is 0 Å². The van der Waals surface area contributed by atoms with Crippen LogP contribution in [0.25, 0.3) is 0 Å². The largest absolute Gasteiger partial charge is 0.385 e. The number of aliphatic hydroxyl groups is 1. The van der Waals surface area contributed by atoms with Crippen LogP contribution in [0.15, 0.2) is 18.2 Å². The van der Waals surface area contributed by atoms with Gasteiger partial charge in [0, 0.05) is 15.6 Å². The summed E-state index contributed by atoms with van der Waals surface area (Å²) in [5.74, 6) is 0. The summed E-state index contributed by atoms with van der Waals surface area (Å²) < 4.78 is 0. The van der Waals surface area contributed by atoms with Gasteiger partial charge in [-0.15, -0.1) is 0 Å². The topological polar surface area (TPSA) is 20.2 Å². The Morgan fingerprint density at radius 1 is 1.23 bits per heavy atom. The maximum absolute atomic E-state index is 10.0. The zero-order valence-corrected chi connectivity index (χ0v) is 8.57. The van der Waals surface area contributed by atoms with E-state index in [0.717, 1.165) is 24.8 Å². The molecule has 1 N–H and O–H groups in total. The third-order valence-corrected chi connectivity index (χ3v) is 3.18. The molecular formula is C10H10Cl2O. The van der Waals surface area contributed by atoms with Crippen molar-refractivity contribution in [3.05, 3.63) is 33.8 Å². The van der Waals surface area contributed by atoms with Gasteiger partial charge in [-0.3, -0.25) is 0 Å². The van der Waals surface area contributed by atoms with Crippen molar-refractivity contribution in [2.24, 2.45) is 0 Å². The number of benzene rings is 1. The molecule has 70 valence electrons. The number of hydrogen-bond donors (Lipinski definition) is 1. The quantitative estimate of drug-likeness (QED) is 0.764. The predicted octanol–water partition coefficient (Wildman–Crippen LogP) is 3.36. The predicted molar refractivity (Wildman–Crippen MR) is 54.2 cm³/mol. The van der Waals surface area contributed by atoms with Crippen molar-refractivity contribution in [3.63, 3.8) is 0 Å². The molecule has 0 aromatic heterocycles. The van der Waals surface area contributed by atoms with E-state index in [9.17, 15) is 5.11 Å². The van der Waals surface area contributed by atoms with Gasteiger partial charge in [0.05, 0.1) is 5.60 Å². The van der Waals surface area contributed by atoms with Crippen LogP contribution in [0.5, 0.6) is 0 Å². The Morgan fingerprint density at radius 2 is 1.92 bits per heavy atom. The Balaban J connectivity index is 2.43. The van der Waals surface area contributed by atoms with Gasteiger partial charge in [-0.05, 0) is 37.5 Å². The van der Waals surface area contributed by atoms with Gasteiger partial charge in [0.1, 0.15) is 0 Å². The van der Waals surface area contributed by atoms with E-state index in [0.29, 0.717) is 10.0 Å². The zero-order chi connectivity index (χ0) is 9.47. The molecule has 0 radical (unpaired) electrons. The summed E-state index contributed by atoms with van der Waals surface area (Å²) in [6.07, 6.45) is 2.62. The average Bonchev–Trinajstić information content (AvgIpc) is 2.05. The monoisotopic (exact) mass is 216 g/mol. The molecule has 1 aromatic rings. The Labute approximate surface area is 87.3 Å². The number of hydrogen-bond acceptors (Lipinski definition) is 1. The van der Waals surface area contributed by atoms with E-state index in [-0.39, 0.29) is 0 Å². The first kappa shape index (κ1) is 9.32. The van der Waals surface area contributed by atoms with Gasteiger partial charge in [-0.1, -0.05) is 23.2 Å². The Bertz CT molecular complexity index is 332. The first-order valence-electron chi connectivity index (χ1n) is 4.30. The summed E-state index contributed by atoms with van der Waals surface area (Å²) in [4.78, 5) is 0. The van der Waals surface area contributed by atoms with Crippen LogP contribution in [0, 0.1) is 0 Å². The number of halogens is 2. The Kier molecular flexibility index (Phi) is 2.26. The summed E-state index contributed by atoms with van der Waals surface area (Å²) in [5, 5.41) is 11.3. The minimum atomic E-state index is -0.720. The van der Waals surface area contributed by atoms with Gasteiger partial charge in [0.2, 0.25) is 0 Å². The maximum atomic E-state index is 10.0. The van der Waals surface area contributed by atoms with Gasteiger partial charge in [-0.2, -0.15) is 0 Å². The van der Waals surface area contributed by atoms with Crippen LogP contribution in [0.1, 0.15) is 24.8 Å². The molecule has 0 bridgehead atoms. The molecule has 1 aliphatic rings. The lowest BCUT2D eigenvalue weighted by atomic mass is 9.75. The van der Waals surface area contributed by atoms with E-state index >= 15 is 0 Å². The summed E-state index contributed by atoms with van der Waals surface area (Å²) in [5.41, 5.74) is 0.0510. The van der Waals surface area contributed by atoms with E-state index in [1.165, 1.54) is 0 Å². The molecule has 0 amide bonds. The van der Waals surface area contributed by atoms with E-state index < -0.39 is 5.60 Å². The van der Waals surface area contributed by atoms with Gasteiger partial charge < -0.3 is 5.11 Å². The van der Waals surface area contributed by atoms with Crippen LogP contribution in [-0.4, -0.2) is 5.11 Å². The molecule has 3 heteroatoms. The molecule has 1 nitrogen and oxygen atoms in total. The van der Waals surface area contributed by atoms with Gasteiger partial charge >= 0.3 is 0 Å². The average molecular weight is 217 g/mol. The van der Waals surface area contributed by atoms with Crippen LogP contribution >= 0.6 is 23.2 Å². The highest BCUT2D eigenvalue weighted by Gasteiger charge is 2.37. The SMILES string of the molecule is OC1(c2cc(Cl)ccc2Cl)CCC1. The molecule has 1 aliphatic carbocycles. The fourth-order valence-electron chi connectivity index (χ4n) is 1.64. The fourth-order valence-corrected chi connectivity index (χ4v) is 2.10. The van der Waals surface area contributed by atoms with Crippen LogP contribution in [0.3, 0.4) is 0 Å². The van der Waals surface area contributed by atoms with Crippen molar-refractivity contribution < 1.29 is 5.11 Å². The molecule has 1 fully saturated rings. The molecule has 1 saturated carbocycles. The molecule has 0 spiro atoms. The second kappa shape index (κ2) is 3.16. The van der Waals surface area contributed by atoms with Crippen molar-refractivity contribution in [2.45, 2.75) is 24.9 Å². The van der Waals surface area contributed by atoms with Crippen molar-refractivity contribution >= 4 is 23.2 Å². The lowest BCUT2D eigenvalue weighted by Crippen LogP contribution is -2.33. The molecule has 13 heavy (non-hydrogen) atoms.